The summed E-state index contributed by atoms with van der Waals surface area (Å²) in [5.41, 5.74) is 0.271. The van der Waals surface area contributed by atoms with E-state index in [-0.39, 0.29) is 36.7 Å². The first kappa shape index (κ1) is 18.0. The fourth-order valence-corrected chi connectivity index (χ4v) is 3.49. The molecule has 0 aromatic carbocycles. The minimum atomic E-state index is -5.11. The van der Waals surface area contributed by atoms with Gasteiger partial charge >= 0.3 is 24.1 Å². The molecule has 0 atom stereocenters. The Morgan fingerprint density at radius 2 is 2.04 bits per heavy atom. The zero-order chi connectivity index (χ0) is 18.1. The molecule has 0 radical (unpaired) electrons. The van der Waals surface area contributed by atoms with Crippen LogP contribution in [0.4, 0.5) is 23.0 Å². The second-order valence-electron chi connectivity index (χ2n) is 4.83. The van der Waals surface area contributed by atoms with Crippen LogP contribution in [0.15, 0.2) is 0 Å². The van der Waals surface area contributed by atoms with Crippen LogP contribution in [0.1, 0.15) is 27.7 Å². The van der Waals surface area contributed by atoms with Crippen LogP contribution in [0.3, 0.4) is 0 Å². The summed E-state index contributed by atoms with van der Waals surface area (Å²) in [6.07, 6.45) is -6.13. The van der Waals surface area contributed by atoms with E-state index in [1.165, 1.54) is 6.92 Å². The standard InChI is InChI=1S/C13H13F3N2O5S/c1-2-23-10(19)8-6-3-4-18(12(21)22)5-7(6)24-9(8)17-11(20)13(14,15)16/h2-5H2,1H3,(H,17,20)(H,21,22). The number of thiophene rings is 1. The SMILES string of the molecule is CCOC(=O)c1c(NC(=O)C(F)(F)F)sc2c1CCN(C(=O)O)C2. The second kappa shape index (κ2) is 6.67. The lowest BCUT2D eigenvalue weighted by atomic mass is 10.0. The Kier molecular flexibility index (Phi) is 5.02. The quantitative estimate of drug-likeness (QED) is 0.801. The molecule has 1 aromatic rings. The number of carboxylic acid groups (broad SMARTS) is 1. The zero-order valence-corrected chi connectivity index (χ0v) is 13.2. The first-order valence-electron chi connectivity index (χ1n) is 6.82. The lowest BCUT2D eigenvalue weighted by molar-refractivity contribution is -0.167. The van der Waals surface area contributed by atoms with Crippen LogP contribution in [0.25, 0.3) is 0 Å². The maximum absolute atomic E-state index is 12.5. The van der Waals surface area contributed by atoms with Gasteiger partial charge < -0.3 is 20.1 Å². The molecule has 1 aliphatic heterocycles. The van der Waals surface area contributed by atoms with E-state index >= 15 is 0 Å². The van der Waals surface area contributed by atoms with Crippen molar-refractivity contribution in [2.24, 2.45) is 0 Å². The molecule has 2 amide bonds. The van der Waals surface area contributed by atoms with Crippen molar-refractivity contribution < 1.29 is 37.4 Å². The minimum absolute atomic E-state index is 0.0113. The van der Waals surface area contributed by atoms with Crippen LogP contribution in [-0.2, 0) is 22.5 Å². The van der Waals surface area contributed by atoms with Gasteiger partial charge in [-0.05, 0) is 18.9 Å². The van der Waals surface area contributed by atoms with Crippen molar-refractivity contribution in [3.8, 4) is 0 Å². The summed E-state index contributed by atoms with van der Waals surface area (Å²) in [4.78, 5) is 35.7. The lowest BCUT2D eigenvalue weighted by Gasteiger charge is -2.24. The van der Waals surface area contributed by atoms with Crippen molar-refractivity contribution in [2.75, 3.05) is 18.5 Å². The maximum atomic E-state index is 12.5. The van der Waals surface area contributed by atoms with Gasteiger partial charge in [0.2, 0.25) is 0 Å². The molecule has 1 aromatic heterocycles. The fraction of sp³-hybridized carbons (Fsp3) is 0.462. The van der Waals surface area contributed by atoms with E-state index in [0.717, 1.165) is 16.2 Å². The third-order valence-corrected chi connectivity index (χ3v) is 4.42. The lowest BCUT2D eigenvalue weighted by Crippen LogP contribution is -2.34. The molecule has 0 unspecified atom stereocenters. The average molecular weight is 366 g/mol. The van der Waals surface area contributed by atoms with Gasteiger partial charge in [0.25, 0.3) is 0 Å². The Balaban J connectivity index is 2.41. The summed E-state index contributed by atoms with van der Waals surface area (Å²) in [7, 11) is 0. The van der Waals surface area contributed by atoms with Crippen molar-refractivity contribution in [1.29, 1.82) is 0 Å². The molecule has 0 spiro atoms. The van der Waals surface area contributed by atoms with Gasteiger partial charge in [-0.3, -0.25) is 4.79 Å². The van der Waals surface area contributed by atoms with Crippen LogP contribution in [0.5, 0.6) is 0 Å². The number of halogens is 3. The minimum Gasteiger partial charge on any atom is -0.465 e. The van der Waals surface area contributed by atoms with Gasteiger partial charge in [0.1, 0.15) is 5.00 Å². The molecule has 2 heterocycles. The van der Waals surface area contributed by atoms with E-state index < -0.39 is 24.1 Å². The van der Waals surface area contributed by atoms with Crippen LogP contribution >= 0.6 is 11.3 Å². The number of amides is 2. The molecular formula is C13H13F3N2O5S. The van der Waals surface area contributed by atoms with Gasteiger partial charge in [0.05, 0.1) is 18.7 Å². The maximum Gasteiger partial charge on any atom is 0.471 e. The molecular weight excluding hydrogens is 353 g/mol. The highest BCUT2D eigenvalue weighted by molar-refractivity contribution is 7.17. The number of hydrogen-bond acceptors (Lipinski definition) is 5. The Bertz CT molecular complexity index is 686. The highest BCUT2D eigenvalue weighted by atomic mass is 32.1. The van der Waals surface area contributed by atoms with Crippen LogP contribution in [0.2, 0.25) is 0 Å². The summed E-state index contributed by atoms with van der Waals surface area (Å²) in [6.45, 7) is 1.58. The van der Waals surface area contributed by atoms with Gasteiger partial charge in [-0.1, -0.05) is 0 Å². The smallest absolute Gasteiger partial charge is 0.465 e. The van der Waals surface area contributed by atoms with Gasteiger partial charge in [-0.15, -0.1) is 11.3 Å². The van der Waals surface area contributed by atoms with Crippen molar-refractivity contribution >= 4 is 34.3 Å². The first-order valence-corrected chi connectivity index (χ1v) is 7.64. The average Bonchev–Trinajstić information content (AvgIpc) is 2.83. The molecule has 0 bridgehead atoms. The fourth-order valence-electron chi connectivity index (χ4n) is 2.25. The summed E-state index contributed by atoms with van der Waals surface area (Å²) in [6, 6.07) is 0. The molecule has 0 saturated carbocycles. The topological polar surface area (TPSA) is 95.9 Å². The van der Waals surface area contributed by atoms with Gasteiger partial charge in [0, 0.05) is 11.4 Å². The summed E-state index contributed by atoms with van der Waals surface area (Å²) in [5, 5.41) is 10.4. The zero-order valence-electron chi connectivity index (χ0n) is 12.4. The molecule has 0 aliphatic carbocycles. The highest BCUT2D eigenvalue weighted by Gasteiger charge is 2.40. The van der Waals surface area contributed by atoms with E-state index in [2.05, 4.69) is 0 Å². The van der Waals surface area contributed by atoms with E-state index in [4.69, 9.17) is 9.84 Å². The molecule has 11 heteroatoms. The van der Waals surface area contributed by atoms with Crippen molar-refractivity contribution in [1.82, 2.24) is 4.90 Å². The van der Waals surface area contributed by atoms with Gasteiger partial charge in [0.15, 0.2) is 0 Å². The number of rotatable bonds is 3. The molecule has 132 valence electrons. The highest BCUT2D eigenvalue weighted by Crippen LogP contribution is 2.38. The predicted molar refractivity (Wildman–Crippen MR) is 77.1 cm³/mol. The number of nitrogens with zero attached hydrogens (tertiary/aromatic N) is 1. The van der Waals surface area contributed by atoms with E-state index in [1.807, 2.05) is 0 Å². The number of carbonyl (C=O) groups excluding carboxylic acids is 2. The van der Waals surface area contributed by atoms with Crippen LogP contribution < -0.4 is 5.32 Å². The number of anilines is 1. The number of esters is 1. The third-order valence-electron chi connectivity index (χ3n) is 3.29. The Hall–Kier alpha value is -2.30. The summed E-state index contributed by atoms with van der Waals surface area (Å²) >= 11 is 0.744. The Morgan fingerprint density at radius 1 is 1.38 bits per heavy atom. The molecule has 7 nitrogen and oxygen atoms in total. The Labute approximate surface area is 138 Å². The normalized spacial score (nSPS) is 14.1. The second-order valence-corrected chi connectivity index (χ2v) is 5.94. The van der Waals surface area contributed by atoms with Gasteiger partial charge in [-0.25, -0.2) is 9.59 Å². The first-order chi connectivity index (χ1) is 11.1. The number of hydrogen-bond donors (Lipinski definition) is 2. The number of ether oxygens (including phenoxy) is 1. The molecule has 1 aliphatic rings. The molecule has 0 fully saturated rings. The number of carbonyl (C=O) groups is 3. The monoisotopic (exact) mass is 366 g/mol. The Morgan fingerprint density at radius 3 is 2.58 bits per heavy atom. The largest absolute Gasteiger partial charge is 0.471 e. The van der Waals surface area contributed by atoms with E-state index in [1.54, 1.807) is 5.32 Å². The number of fused-ring (bicyclic) bond motifs is 1. The molecule has 2 N–H and O–H groups in total. The van der Waals surface area contributed by atoms with E-state index in [0.29, 0.717) is 10.4 Å². The molecule has 0 saturated heterocycles. The number of alkyl halides is 3. The van der Waals surface area contributed by atoms with Crippen molar-refractivity contribution in [2.45, 2.75) is 26.1 Å². The van der Waals surface area contributed by atoms with Crippen molar-refractivity contribution in [3.63, 3.8) is 0 Å². The summed E-state index contributed by atoms with van der Waals surface area (Å²) < 4.78 is 42.2. The van der Waals surface area contributed by atoms with Crippen LogP contribution in [0, 0.1) is 0 Å². The molecule has 24 heavy (non-hydrogen) atoms. The predicted octanol–water partition coefficient (Wildman–Crippen LogP) is 2.46. The van der Waals surface area contributed by atoms with Crippen LogP contribution in [-0.4, -0.2) is 47.3 Å². The number of nitrogens with one attached hydrogen (secondary N) is 1. The van der Waals surface area contributed by atoms with E-state index in [9.17, 15) is 27.6 Å². The van der Waals surface area contributed by atoms with Gasteiger partial charge in [-0.2, -0.15) is 13.2 Å². The molecule has 2 rings (SSSR count). The summed E-state index contributed by atoms with van der Waals surface area (Å²) in [5.74, 6) is -3.06. The third kappa shape index (κ3) is 3.61. The van der Waals surface area contributed by atoms with Crippen molar-refractivity contribution in [3.05, 3.63) is 16.0 Å².